The van der Waals surface area contributed by atoms with Crippen molar-refractivity contribution < 1.29 is 23.9 Å². The summed E-state index contributed by atoms with van der Waals surface area (Å²) in [4.78, 5) is 13.1. The molecule has 0 spiro atoms. The molecule has 6 heterocycles. The van der Waals surface area contributed by atoms with Gasteiger partial charge < -0.3 is 23.9 Å². The van der Waals surface area contributed by atoms with Crippen molar-refractivity contribution >= 4 is 23.2 Å². The molecule has 12 heteroatoms. The van der Waals surface area contributed by atoms with E-state index >= 15 is 0 Å². The molecule has 270 valence electrons. The maximum absolute atomic E-state index is 7.04. The van der Waals surface area contributed by atoms with Crippen molar-refractivity contribution in [2.45, 2.75) is 31.7 Å². The van der Waals surface area contributed by atoms with Crippen molar-refractivity contribution in [3.63, 3.8) is 0 Å². The Labute approximate surface area is 320 Å². The standard InChI is InChI=1S/C43H31ClN6O5/c1-26-35-38-37(28-18-20-30(44)21-19-28)39(54-47-38)43(29-12-6-3-7-13-29)53-40(48-55-43)36-27(2)46-50(32-16-10-5-11-17-32)42(36)52-34-24-22-33(23-25-34)51-41(35)49(45-26)31-14-8-4-9-15-31/h3-25,37,39H,1-2H3/t37-,39-,43+/m1/s1. The fourth-order valence-electron chi connectivity index (χ4n) is 7.34. The molecule has 2 aromatic heterocycles. The number of ether oxygens (including phenoxy) is 3. The van der Waals surface area contributed by atoms with Gasteiger partial charge in [-0.1, -0.05) is 95.6 Å². The first kappa shape index (κ1) is 32.8. The molecule has 3 atom stereocenters. The highest BCUT2D eigenvalue weighted by Gasteiger charge is 2.60. The zero-order valence-corrected chi connectivity index (χ0v) is 30.3. The van der Waals surface area contributed by atoms with Crippen molar-refractivity contribution in [2.24, 2.45) is 10.3 Å². The molecular weight excluding hydrogens is 716 g/mol. The van der Waals surface area contributed by atoms with Crippen LogP contribution in [0.25, 0.3) is 11.4 Å². The van der Waals surface area contributed by atoms with Gasteiger partial charge in [0.2, 0.25) is 17.9 Å². The Balaban J connectivity index is 1.23. The summed E-state index contributed by atoms with van der Waals surface area (Å²) in [7, 11) is 0. The van der Waals surface area contributed by atoms with E-state index in [1.807, 2.05) is 153 Å². The number of aryl methyl sites for hydroxylation is 2. The number of hydrogen-bond donors (Lipinski definition) is 0. The summed E-state index contributed by atoms with van der Waals surface area (Å²) >= 11 is 6.46. The van der Waals surface area contributed by atoms with E-state index in [1.165, 1.54) is 0 Å². The Bertz CT molecular complexity index is 2610. The SMILES string of the molecule is Cc1nn(-c2ccccc2)c2c1C1=NO[C@](c3ccccc3)(O1)[C@@H]1ON=C(c3c(C)nn(-c4ccccc4)c3Oc3ccc(cc3)O2)[C@H]1c1ccc(Cl)cc1. The van der Waals surface area contributed by atoms with Crippen LogP contribution in [0.3, 0.4) is 0 Å². The summed E-state index contributed by atoms with van der Waals surface area (Å²) in [6.07, 6.45) is -0.917. The van der Waals surface area contributed by atoms with Gasteiger partial charge >= 0.3 is 5.79 Å². The average Bonchev–Trinajstić information content (AvgIpc) is 4.00. The zero-order chi connectivity index (χ0) is 37.1. The first-order valence-corrected chi connectivity index (χ1v) is 18.1. The predicted octanol–water partition coefficient (Wildman–Crippen LogP) is 9.37. The molecule has 0 radical (unpaired) electrons. The summed E-state index contributed by atoms with van der Waals surface area (Å²) in [5.74, 6) is -0.129. The minimum absolute atomic E-state index is 0.172. The minimum Gasteiger partial charge on any atom is -0.438 e. The van der Waals surface area contributed by atoms with E-state index in [4.69, 9.17) is 50.8 Å². The molecule has 11 nitrogen and oxygen atoms in total. The lowest BCUT2D eigenvalue weighted by Gasteiger charge is -2.33. The number of fused-ring (bicyclic) bond motifs is 2. The number of oxime groups is 2. The Morgan fingerprint density at radius 2 is 1.13 bits per heavy atom. The highest BCUT2D eigenvalue weighted by atomic mass is 35.5. The number of halogens is 1. The first-order valence-electron chi connectivity index (χ1n) is 17.7. The molecule has 7 aromatic rings. The first-order chi connectivity index (χ1) is 27.0. The van der Waals surface area contributed by atoms with Gasteiger partial charge in [0.25, 0.3) is 5.90 Å². The van der Waals surface area contributed by atoms with Gasteiger partial charge in [0, 0.05) is 10.6 Å². The summed E-state index contributed by atoms with van der Waals surface area (Å²) in [6, 6.07) is 44.1. The molecule has 0 N–H and O–H groups in total. The topological polar surface area (TPSA) is 107 Å². The highest BCUT2D eigenvalue weighted by molar-refractivity contribution is 6.30. The van der Waals surface area contributed by atoms with E-state index in [0.717, 1.165) is 16.9 Å². The number of nitrogens with zero attached hydrogens (tertiary/aromatic N) is 6. The smallest absolute Gasteiger partial charge is 0.344 e. The zero-order valence-electron chi connectivity index (χ0n) is 29.5. The third-order valence-corrected chi connectivity index (χ3v) is 10.2. The van der Waals surface area contributed by atoms with Crippen LogP contribution in [-0.4, -0.2) is 37.3 Å². The molecule has 6 bridgehead atoms. The number of hydrogen-bond acceptors (Lipinski definition) is 9. The lowest BCUT2D eigenvalue weighted by atomic mass is 9.80. The minimum atomic E-state index is -1.63. The van der Waals surface area contributed by atoms with Gasteiger partial charge in [-0.3, -0.25) is 0 Å². The number of aromatic nitrogens is 4. The van der Waals surface area contributed by atoms with Gasteiger partial charge in [0.15, 0.2) is 0 Å². The molecule has 0 saturated heterocycles. The van der Waals surface area contributed by atoms with E-state index in [0.29, 0.717) is 62.1 Å². The summed E-state index contributed by atoms with van der Waals surface area (Å²) in [5, 5.41) is 20.0. The highest BCUT2D eigenvalue weighted by Crippen LogP contribution is 2.50. The molecule has 4 aliphatic heterocycles. The van der Waals surface area contributed by atoms with Crippen molar-refractivity contribution in [2.75, 3.05) is 0 Å². The van der Waals surface area contributed by atoms with Crippen LogP contribution in [0.5, 0.6) is 23.3 Å². The second-order valence-electron chi connectivity index (χ2n) is 13.4. The summed E-state index contributed by atoms with van der Waals surface area (Å²) < 4.78 is 24.0. The maximum atomic E-state index is 7.04. The van der Waals surface area contributed by atoms with E-state index in [2.05, 4.69) is 5.16 Å². The number of benzene rings is 5. The Morgan fingerprint density at radius 1 is 0.600 bits per heavy atom. The van der Waals surface area contributed by atoms with Crippen LogP contribution >= 0.6 is 11.6 Å². The molecule has 55 heavy (non-hydrogen) atoms. The van der Waals surface area contributed by atoms with E-state index in [9.17, 15) is 0 Å². The molecular formula is C43H31ClN6O5. The van der Waals surface area contributed by atoms with Gasteiger partial charge in [-0.05, 0) is 85.2 Å². The van der Waals surface area contributed by atoms with Crippen LogP contribution in [0.2, 0.25) is 5.02 Å². The lowest BCUT2D eigenvalue weighted by Crippen LogP contribution is -2.46. The largest absolute Gasteiger partial charge is 0.438 e. The van der Waals surface area contributed by atoms with Crippen molar-refractivity contribution in [1.29, 1.82) is 0 Å². The average molecular weight is 747 g/mol. The summed E-state index contributed by atoms with van der Waals surface area (Å²) in [6.45, 7) is 3.81. The van der Waals surface area contributed by atoms with Crippen molar-refractivity contribution in [3.05, 3.63) is 178 Å². The van der Waals surface area contributed by atoms with Crippen molar-refractivity contribution in [1.82, 2.24) is 19.6 Å². The van der Waals surface area contributed by atoms with Gasteiger partial charge in [0.05, 0.1) is 34.2 Å². The molecule has 0 aliphatic carbocycles. The molecule has 0 fully saturated rings. The lowest BCUT2D eigenvalue weighted by molar-refractivity contribution is -0.240. The number of para-hydroxylation sites is 2. The van der Waals surface area contributed by atoms with Crippen LogP contribution in [0, 0.1) is 13.8 Å². The third kappa shape index (κ3) is 5.42. The fraction of sp³-hybridized carbons (Fsp3) is 0.116. The number of rotatable bonds is 4. The second-order valence-corrected chi connectivity index (χ2v) is 13.8. The van der Waals surface area contributed by atoms with Crippen LogP contribution < -0.4 is 9.47 Å². The Morgan fingerprint density at radius 3 is 1.71 bits per heavy atom. The quantitative estimate of drug-likeness (QED) is 0.177. The Kier molecular flexibility index (Phi) is 7.70. The molecule has 0 amide bonds. The predicted molar refractivity (Wildman–Crippen MR) is 206 cm³/mol. The van der Waals surface area contributed by atoms with Crippen LogP contribution in [-0.2, 0) is 20.2 Å². The molecule has 4 aliphatic rings. The third-order valence-electron chi connectivity index (χ3n) is 9.91. The van der Waals surface area contributed by atoms with Gasteiger partial charge in [0.1, 0.15) is 22.8 Å². The van der Waals surface area contributed by atoms with E-state index in [-0.39, 0.29) is 5.90 Å². The van der Waals surface area contributed by atoms with Crippen LogP contribution in [0.1, 0.15) is 39.6 Å². The van der Waals surface area contributed by atoms with Gasteiger partial charge in [-0.2, -0.15) is 19.6 Å². The fourth-order valence-corrected chi connectivity index (χ4v) is 7.47. The van der Waals surface area contributed by atoms with Crippen LogP contribution in [0.4, 0.5) is 0 Å². The molecule has 0 saturated carbocycles. The van der Waals surface area contributed by atoms with Gasteiger partial charge in [-0.15, -0.1) is 0 Å². The maximum Gasteiger partial charge on any atom is 0.344 e. The van der Waals surface area contributed by atoms with E-state index < -0.39 is 17.8 Å². The van der Waals surface area contributed by atoms with Crippen molar-refractivity contribution in [3.8, 4) is 34.6 Å². The normalized spacial score (nSPS) is 19.5. The Hall–Kier alpha value is -6.85. The second kappa shape index (κ2) is 12.9. The van der Waals surface area contributed by atoms with Gasteiger partial charge in [-0.25, -0.2) is 0 Å². The molecule has 0 unspecified atom stereocenters. The monoisotopic (exact) mass is 746 g/mol. The van der Waals surface area contributed by atoms with E-state index in [1.54, 1.807) is 9.36 Å². The molecule has 11 rings (SSSR count). The van der Waals surface area contributed by atoms with Crippen LogP contribution in [0.15, 0.2) is 150 Å². The molecule has 5 aromatic carbocycles. The summed E-state index contributed by atoms with van der Waals surface area (Å²) in [5.41, 5.74) is 6.12.